The van der Waals surface area contributed by atoms with Gasteiger partial charge in [0, 0.05) is 23.4 Å². The van der Waals surface area contributed by atoms with Gasteiger partial charge in [-0.2, -0.15) is 0 Å². The summed E-state index contributed by atoms with van der Waals surface area (Å²) in [6, 6.07) is 4.28. The summed E-state index contributed by atoms with van der Waals surface area (Å²) >= 11 is 1.80. The average molecular weight is 253 g/mol. The lowest BCUT2D eigenvalue weighted by atomic mass is 9.92. The summed E-state index contributed by atoms with van der Waals surface area (Å²) in [5.41, 5.74) is 0.101. The van der Waals surface area contributed by atoms with Gasteiger partial charge in [0.25, 0.3) is 0 Å². The highest BCUT2D eigenvalue weighted by Gasteiger charge is 2.21. The number of hydrogen-bond donors (Lipinski definition) is 2. The molecule has 0 aliphatic rings. The largest absolute Gasteiger partial charge is 0.357 e. The maximum atomic E-state index is 4.63. The summed E-state index contributed by atoms with van der Waals surface area (Å²) in [7, 11) is 0. The minimum Gasteiger partial charge on any atom is -0.357 e. The molecular formula is C13H23N3S. The van der Waals surface area contributed by atoms with Gasteiger partial charge < -0.3 is 10.6 Å². The number of thiophene rings is 1. The molecule has 4 heteroatoms. The molecule has 1 aromatic rings. The van der Waals surface area contributed by atoms with E-state index in [0.29, 0.717) is 0 Å². The van der Waals surface area contributed by atoms with Gasteiger partial charge in [0.2, 0.25) is 0 Å². The van der Waals surface area contributed by atoms with Gasteiger partial charge in [0.05, 0.1) is 6.54 Å². The summed E-state index contributed by atoms with van der Waals surface area (Å²) < 4.78 is 0. The predicted octanol–water partition coefficient (Wildman–Crippen LogP) is 2.60. The van der Waals surface area contributed by atoms with Crippen LogP contribution in [0.4, 0.5) is 0 Å². The maximum Gasteiger partial charge on any atom is 0.191 e. The van der Waals surface area contributed by atoms with Crippen LogP contribution in [0, 0.1) is 0 Å². The molecule has 1 heterocycles. The summed E-state index contributed by atoms with van der Waals surface area (Å²) in [5.74, 6) is 0.902. The number of nitrogens with one attached hydrogen (secondary N) is 2. The van der Waals surface area contributed by atoms with Gasteiger partial charge in [-0.05, 0) is 25.3 Å². The van der Waals surface area contributed by atoms with Gasteiger partial charge in [-0.25, -0.2) is 0 Å². The van der Waals surface area contributed by atoms with Gasteiger partial charge in [-0.1, -0.05) is 19.9 Å². The Kier molecular flexibility index (Phi) is 5.48. The molecular weight excluding hydrogens is 230 g/mol. The quantitative estimate of drug-likeness (QED) is 0.625. The van der Waals surface area contributed by atoms with E-state index in [1.165, 1.54) is 4.88 Å². The van der Waals surface area contributed by atoms with Crippen molar-refractivity contribution >= 4 is 17.3 Å². The van der Waals surface area contributed by atoms with Crippen molar-refractivity contribution in [3.8, 4) is 0 Å². The topological polar surface area (TPSA) is 36.4 Å². The van der Waals surface area contributed by atoms with Crippen LogP contribution in [0.2, 0.25) is 0 Å². The summed E-state index contributed by atoms with van der Waals surface area (Å²) in [5, 5.41) is 8.61. The molecule has 0 saturated carbocycles. The highest BCUT2D eigenvalue weighted by Crippen LogP contribution is 2.27. The van der Waals surface area contributed by atoms with E-state index in [1.807, 2.05) is 0 Å². The van der Waals surface area contributed by atoms with E-state index in [1.54, 1.807) is 11.3 Å². The lowest BCUT2D eigenvalue weighted by Gasteiger charge is -2.21. The van der Waals surface area contributed by atoms with E-state index in [0.717, 1.165) is 25.6 Å². The van der Waals surface area contributed by atoms with Crippen LogP contribution in [0.1, 0.15) is 32.6 Å². The Hall–Kier alpha value is -1.03. The van der Waals surface area contributed by atoms with Crippen molar-refractivity contribution in [3.63, 3.8) is 0 Å². The first kappa shape index (κ1) is 14.0. The third kappa shape index (κ3) is 4.38. The fourth-order valence-electron chi connectivity index (χ4n) is 1.53. The zero-order chi connectivity index (χ0) is 12.7. The van der Waals surface area contributed by atoms with E-state index in [9.17, 15) is 0 Å². The molecule has 3 nitrogen and oxygen atoms in total. The van der Waals surface area contributed by atoms with Gasteiger partial charge in [0.15, 0.2) is 5.96 Å². The Morgan fingerprint density at radius 3 is 2.41 bits per heavy atom. The van der Waals surface area contributed by atoms with Gasteiger partial charge in [0.1, 0.15) is 0 Å². The van der Waals surface area contributed by atoms with Crippen LogP contribution < -0.4 is 10.6 Å². The van der Waals surface area contributed by atoms with E-state index in [4.69, 9.17) is 0 Å². The first-order valence-electron chi connectivity index (χ1n) is 6.16. The molecule has 0 radical (unpaired) electrons. The second-order valence-electron chi connectivity index (χ2n) is 4.59. The van der Waals surface area contributed by atoms with Crippen molar-refractivity contribution in [2.75, 3.05) is 19.6 Å². The molecule has 17 heavy (non-hydrogen) atoms. The summed E-state index contributed by atoms with van der Waals surface area (Å²) in [6.07, 6.45) is 0. The lowest BCUT2D eigenvalue weighted by Crippen LogP contribution is -2.38. The minimum absolute atomic E-state index is 0.101. The molecule has 0 aromatic carbocycles. The standard InChI is InChI=1S/C13H23N3S/c1-5-14-12(15-6-2)16-10-13(3,4)11-8-7-9-17-11/h7-9H,5-6,10H2,1-4H3,(H2,14,15,16). The summed E-state index contributed by atoms with van der Waals surface area (Å²) in [4.78, 5) is 6.01. The SMILES string of the molecule is CCNC(=NCC(C)(C)c1cccs1)NCC. The molecule has 0 saturated heterocycles. The third-order valence-corrected chi connectivity index (χ3v) is 3.74. The molecule has 0 amide bonds. The smallest absolute Gasteiger partial charge is 0.191 e. The van der Waals surface area contributed by atoms with E-state index in [2.05, 4.69) is 60.8 Å². The Balaban J connectivity index is 2.65. The van der Waals surface area contributed by atoms with Crippen molar-refractivity contribution in [2.24, 2.45) is 4.99 Å². The predicted molar refractivity (Wildman–Crippen MR) is 77.0 cm³/mol. The fraction of sp³-hybridized carbons (Fsp3) is 0.615. The molecule has 0 fully saturated rings. The van der Waals surface area contributed by atoms with Crippen LogP contribution in [0.15, 0.2) is 22.5 Å². The third-order valence-electron chi connectivity index (χ3n) is 2.51. The monoisotopic (exact) mass is 253 g/mol. The second-order valence-corrected chi connectivity index (χ2v) is 5.53. The Morgan fingerprint density at radius 1 is 1.29 bits per heavy atom. The van der Waals surface area contributed by atoms with Crippen molar-refractivity contribution in [1.29, 1.82) is 0 Å². The molecule has 0 atom stereocenters. The van der Waals surface area contributed by atoms with Gasteiger partial charge >= 0.3 is 0 Å². The first-order valence-corrected chi connectivity index (χ1v) is 7.04. The van der Waals surface area contributed by atoms with Crippen molar-refractivity contribution in [2.45, 2.75) is 33.1 Å². The van der Waals surface area contributed by atoms with Crippen molar-refractivity contribution in [3.05, 3.63) is 22.4 Å². The van der Waals surface area contributed by atoms with Crippen LogP contribution in [0.25, 0.3) is 0 Å². The lowest BCUT2D eigenvalue weighted by molar-refractivity contribution is 0.548. The maximum absolute atomic E-state index is 4.63. The van der Waals surface area contributed by atoms with Crippen LogP contribution in [-0.4, -0.2) is 25.6 Å². The minimum atomic E-state index is 0.101. The highest BCUT2D eigenvalue weighted by atomic mass is 32.1. The van der Waals surface area contributed by atoms with Crippen LogP contribution >= 0.6 is 11.3 Å². The zero-order valence-electron chi connectivity index (χ0n) is 11.2. The normalized spacial score (nSPS) is 11.1. The number of guanidine groups is 1. The molecule has 0 unspecified atom stereocenters. The van der Waals surface area contributed by atoms with Crippen molar-refractivity contribution in [1.82, 2.24) is 10.6 Å². The van der Waals surface area contributed by atoms with E-state index in [-0.39, 0.29) is 5.41 Å². The molecule has 0 bridgehead atoms. The molecule has 1 rings (SSSR count). The Labute approximate surface area is 108 Å². The van der Waals surface area contributed by atoms with E-state index >= 15 is 0 Å². The van der Waals surface area contributed by atoms with Crippen LogP contribution in [-0.2, 0) is 5.41 Å². The van der Waals surface area contributed by atoms with E-state index < -0.39 is 0 Å². The summed E-state index contributed by atoms with van der Waals surface area (Å²) in [6.45, 7) is 11.2. The average Bonchev–Trinajstić information content (AvgIpc) is 2.81. The molecule has 0 aliphatic heterocycles. The first-order chi connectivity index (χ1) is 8.10. The van der Waals surface area contributed by atoms with Crippen molar-refractivity contribution < 1.29 is 0 Å². The number of aliphatic imine (C=N–C) groups is 1. The highest BCUT2D eigenvalue weighted by molar-refractivity contribution is 7.10. The second kappa shape index (κ2) is 6.64. The number of hydrogen-bond acceptors (Lipinski definition) is 2. The number of nitrogens with zero attached hydrogens (tertiary/aromatic N) is 1. The molecule has 0 aliphatic carbocycles. The molecule has 1 aromatic heterocycles. The molecule has 96 valence electrons. The van der Waals surface area contributed by atoms with Crippen LogP contribution in [0.3, 0.4) is 0 Å². The molecule has 0 spiro atoms. The zero-order valence-corrected chi connectivity index (χ0v) is 12.0. The number of rotatable bonds is 5. The Morgan fingerprint density at radius 2 is 1.94 bits per heavy atom. The van der Waals surface area contributed by atoms with Gasteiger partial charge in [-0.15, -0.1) is 11.3 Å². The Bertz CT molecular complexity index is 334. The fourth-order valence-corrected chi connectivity index (χ4v) is 2.37. The van der Waals surface area contributed by atoms with Crippen LogP contribution in [0.5, 0.6) is 0 Å². The van der Waals surface area contributed by atoms with Gasteiger partial charge in [-0.3, -0.25) is 4.99 Å². The molecule has 2 N–H and O–H groups in total.